The van der Waals surface area contributed by atoms with Crippen LogP contribution in [0.4, 0.5) is 0 Å². The summed E-state index contributed by atoms with van der Waals surface area (Å²) in [5.41, 5.74) is 0. The minimum Gasteiger partial charge on any atom is -0.385 e. The van der Waals surface area contributed by atoms with Gasteiger partial charge in [-0.2, -0.15) is 0 Å². The maximum Gasteiger partial charge on any atom is 0.125 e. The minimum atomic E-state index is 0.344. The van der Waals surface area contributed by atoms with Crippen LogP contribution in [0.15, 0.2) is 12.4 Å². The number of aryl methyl sites for hydroxylation is 1. The molecule has 17 heavy (non-hydrogen) atoms. The fourth-order valence-electron chi connectivity index (χ4n) is 2.06. The highest BCUT2D eigenvalue weighted by molar-refractivity contribution is 4.99. The van der Waals surface area contributed by atoms with Crippen LogP contribution in [-0.2, 0) is 11.3 Å². The van der Waals surface area contributed by atoms with Crippen LogP contribution in [0, 0.1) is 0 Å². The molecule has 4 heteroatoms. The highest BCUT2D eigenvalue weighted by atomic mass is 16.5. The molecule has 0 aliphatic carbocycles. The van der Waals surface area contributed by atoms with Crippen molar-refractivity contribution in [1.82, 2.24) is 14.9 Å². The first-order valence-corrected chi connectivity index (χ1v) is 6.56. The number of ether oxygens (including phenoxy) is 1. The normalized spacial score (nSPS) is 12.9. The van der Waals surface area contributed by atoms with Crippen LogP contribution in [0.3, 0.4) is 0 Å². The molecule has 0 bridgehead atoms. The Morgan fingerprint density at radius 2 is 2.29 bits per heavy atom. The number of hydrogen-bond acceptors (Lipinski definition) is 3. The van der Waals surface area contributed by atoms with E-state index in [-0.39, 0.29) is 0 Å². The van der Waals surface area contributed by atoms with E-state index in [9.17, 15) is 0 Å². The lowest BCUT2D eigenvalue weighted by atomic mass is 10.1. The van der Waals surface area contributed by atoms with Gasteiger partial charge in [-0.3, -0.25) is 0 Å². The molecule has 0 saturated heterocycles. The maximum absolute atomic E-state index is 5.11. The monoisotopic (exact) mass is 239 g/mol. The first kappa shape index (κ1) is 14.2. The third-order valence-electron chi connectivity index (χ3n) is 2.82. The van der Waals surface area contributed by atoms with Gasteiger partial charge in [-0.15, -0.1) is 0 Å². The second-order valence-corrected chi connectivity index (χ2v) is 4.22. The van der Waals surface area contributed by atoms with Crippen molar-refractivity contribution in [2.45, 2.75) is 45.7 Å². The zero-order valence-electron chi connectivity index (χ0n) is 11.3. The molecule has 0 aliphatic rings. The van der Waals surface area contributed by atoms with Gasteiger partial charge < -0.3 is 14.6 Å². The first-order chi connectivity index (χ1) is 8.33. The summed E-state index contributed by atoms with van der Waals surface area (Å²) in [6, 6.07) is 0.344. The van der Waals surface area contributed by atoms with Crippen molar-refractivity contribution >= 4 is 0 Å². The van der Waals surface area contributed by atoms with Crippen LogP contribution in [0.5, 0.6) is 0 Å². The predicted molar refractivity (Wildman–Crippen MR) is 70.0 cm³/mol. The predicted octanol–water partition coefficient (Wildman–Crippen LogP) is 2.37. The largest absolute Gasteiger partial charge is 0.385 e. The van der Waals surface area contributed by atoms with E-state index in [0.29, 0.717) is 6.04 Å². The van der Waals surface area contributed by atoms with Gasteiger partial charge >= 0.3 is 0 Å². The van der Waals surface area contributed by atoms with Crippen LogP contribution in [0.1, 0.15) is 45.0 Å². The summed E-state index contributed by atoms with van der Waals surface area (Å²) >= 11 is 0. The Hall–Kier alpha value is -0.870. The van der Waals surface area contributed by atoms with Crippen molar-refractivity contribution in [1.29, 1.82) is 0 Å². The topological polar surface area (TPSA) is 39.1 Å². The van der Waals surface area contributed by atoms with Crippen LogP contribution >= 0.6 is 0 Å². The summed E-state index contributed by atoms with van der Waals surface area (Å²) in [5.74, 6) is 1.16. The van der Waals surface area contributed by atoms with E-state index < -0.39 is 0 Å². The van der Waals surface area contributed by atoms with Crippen molar-refractivity contribution in [3.8, 4) is 0 Å². The van der Waals surface area contributed by atoms with Gasteiger partial charge in [0.2, 0.25) is 0 Å². The highest BCUT2D eigenvalue weighted by Crippen LogP contribution is 2.17. The zero-order valence-corrected chi connectivity index (χ0v) is 11.3. The van der Waals surface area contributed by atoms with E-state index >= 15 is 0 Å². The maximum atomic E-state index is 5.11. The molecule has 1 rings (SSSR count). The molecular weight excluding hydrogens is 214 g/mol. The second-order valence-electron chi connectivity index (χ2n) is 4.22. The van der Waals surface area contributed by atoms with Crippen LogP contribution < -0.4 is 5.32 Å². The highest BCUT2D eigenvalue weighted by Gasteiger charge is 2.15. The number of rotatable bonds is 9. The summed E-state index contributed by atoms with van der Waals surface area (Å²) in [6.07, 6.45) is 7.24. The fraction of sp³-hybridized carbons (Fsp3) is 0.769. The third kappa shape index (κ3) is 4.48. The van der Waals surface area contributed by atoms with Gasteiger partial charge in [-0.1, -0.05) is 13.8 Å². The lowest BCUT2D eigenvalue weighted by Gasteiger charge is -2.18. The SMILES string of the molecule is CCCn1ccnc1C(CCCOC)NCC. The van der Waals surface area contributed by atoms with Gasteiger partial charge in [0.15, 0.2) is 0 Å². The van der Waals surface area contributed by atoms with E-state index in [1.807, 2.05) is 6.20 Å². The summed E-state index contributed by atoms with van der Waals surface area (Å²) in [7, 11) is 1.75. The Labute approximate surface area is 104 Å². The molecule has 0 saturated carbocycles. The zero-order chi connectivity index (χ0) is 12.5. The first-order valence-electron chi connectivity index (χ1n) is 6.56. The van der Waals surface area contributed by atoms with E-state index in [2.05, 4.69) is 34.9 Å². The molecular formula is C13H25N3O. The number of imidazole rings is 1. The summed E-state index contributed by atoms with van der Waals surface area (Å²) in [6.45, 7) is 7.15. The Kier molecular flexibility index (Phi) is 6.89. The van der Waals surface area contributed by atoms with Gasteiger partial charge in [-0.25, -0.2) is 4.98 Å². The van der Waals surface area contributed by atoms with Gasteiger partial charge in [0, 0.05) is 32.7 Å². The van der Waals surface area contributed by atoms with Crippen molar-refractivity contribution in [3.63, 3.8) is 0 Å². The molecule has 0 radical (unpaired) electrons. The molecule has 0 amide bonds. The van der Waals surface area contributed by atoms with E-state index in [4.69, 9.17) is 4.74 Å². The number of nitrogens with one attached hydrogen (secondary N) is 1. The van der Waals surface area contributed by atoms with Crippen molar-refractivity contribution < 1.29 is 4.74 Å². The van der Waals surface area contributed by atoms with Crippen LogP contribution in [0.25, 0.3) is 0 Å². The number of aromatic nitrogens is 2. The molecule has 1 aromatic heterocycles. The quantitative estimate of drug-likeness (QED) is 0.672. The molecule has 1 atom stereocenters. The lowest BCUT2D eigenvalue weighted by Crippen LogP contribution is -2.24. The van der Waals surface area contributed by atoms with Gasteiger partial charge in [0.05, 0.1) is 6.04 Å². The van der Waals surface area contributed by atoms with Gasteiger partial charge in [0.25, 0.3) is 0 Å². The molecule has 0 fully saturated rings. The fourth-order valence-corrected chi connectivity index (χ4v) is 2.06. The molecule has 4 nitrogen and oxygen atoms in total. The van der Waals surface area contributed by atoms with Crippen molar-refractivity contribution in [2.75, 3.05) is 20.3 Å². The van der Waals surface area contributed by atoms with E-state index in [0.717, 1.165) is 44.8 Å². The Morgan fingerprint density at radius 3 is 2.94 bits per heavy atom. The molecule has 98 valence electrons. The molecule has 0 aliphatic heterocycles. The smallest absolute Gasteiger partial charge is 0.125 e. The standard InChI is InChI=1S/C13H25N3O/c1-4-9-16-10-8-15-13(16)12(14-5-2)7-6-11-17-3/h8,10,12,14H,4-7,9,11H2,1-3H3. The summed E-state index contributed by atoms with van der Waals surface area (Å²) in [5, 5.41) is 3.50. The summed E-state index contributed by atoms with van der Waals surface area (Å²) in [4.78, 5) is 4.49. The Morgan fingerprint density at radius 1 is 1.47 bits per heavy atom. The molecule has 0 spiro atoms. The van der Waals surface area contributed by atoms with Crippen molar-refractivity contribution in [3.05, 3.63) is 18.2 Å². The Balaban J connectivity index is 2.63. The van der Waals surface area contributed by atoms with Crippen LogP contribution in [-0.4, -0.2) is 29.8 Å². The molecule has 1 N–H and O–H groups in total. The average Bonchev–Trinajstić information content (AvgIpc) is 2.77. The second kappa shape index (κ2) is 8.25. The number of methoxy groups -OCH3 is 1. The Bertz CT molecular complexity index is 299. The minimum absolute atomic E-state index is 0.344. The molecule has 1 aromatic rings. The van der Waals surface area contributed by atoms with E-state index in [1.165, 1.54) is 0 Å². The molecule has 0 aromatic carbocycles. The average molecular weight is 239 g/mol. The molecule has 1 unspecified atom stereocenters. The lowest BCUT2D eigenvalue weighted by molar-refractivity contribution is 0.188. The number of nitrogens with zero attached hydrogens (tertiary/aromatic N) is 2. The van der Waals surface area contributed by atoms with Gasteiger partial charge in [0.1, 0.15) is 5.82 Å². The van der Waals surface area contributed by atoms with E-state index in [1.54, 1.807) is 7.11 Å². The third-order valence-corrected chi connectivity index (χ3v) is 2.82. The summed E-state index contributed by atoms with van der Waals surface area (Å²) < 4.78 is 7.36. The van der Waals surface area contributed by atoms with Gasteiger partial charge in [-0.05, 0) is 25.8 Å². The van der Waals surface area contributed by atoms with Crippen LogP contribution in [0.2, 0.25) is 0 Å². The van der Waals surface area contributed by atoms with Crippen molar-refractivity contribution in [2.24, 2.45) is 0 Å². The molecule has 1 heterocycles. The number of hydrogen-bond donors (Lipinski definition) is 1.